The minimum atomic E-state index is -3.69. The molecule has 0 bridgehead atoms. The van der Waals surface area contributed by atoms with E-state index < -0.39 is 21.0 Å². The van der Waals surface area contributed by atoms with Crippen LogP contribution >= 0.6 is 0 Å². The van der Waals surface area contributed by atoms with Gasteiger partial charge in [0, 0.05) is 12.0 Å². The third-order valence-electron chi connectivity index (χ3n) is 4.21. The van der Waals surface area contributed by atoms with E-state index in [0.29, 0.717) is 12.8 Å². The van der Waals surface area contributed by atoms with E-state index in [1.165, 1.54) is 12.1 Å². The Balaban J connectivity index is 2.67. The molecule has 28 heavy (non-hydrogen) atoms. The number of rotatable bonds is 6. The number of esters is 1. The Morgan fingerprint density at radius 2 is 1.57 bits per heavy atom. The number of hydrogen-bond acceptors (Lipinski definition) is 4. The van der Waals surface area contributed by atoms with Crippen LogP contribution in [0.15, 0.2) is 29.2 Å². The lowest BCUT2D eigenvalue weighted by Gasteiger charge is -2.35. The lowest BCUT2D eigenvalue weighted by atomic mass is 9.73. The van der Waals surface area contributed by atoms with E-state index in [1.807, 2.05) is 34.6 Å². The maximum Gasteiger partial charge on any atom is 0.312 e. The molecule has 0 aliphatic rings. The molecule has 156 valence electrons. The van der Waals surface area contributed by atoms with Crippen LogP contribution in [0.1, 0.15) is 73.3 Å². The Morgan fingerprint density at radius 1 is 1.04 bits per heavy atom. The first-order valence-corrected chi connectivity index (χ1v) is 10.9. The van der Waals surface area contributed by atoms with Crippen molar-refractivity contribution in [2.24, 2.45) is 16.0 Å². The van der Waals surface area contributed by atoms with E-state index in [4.69, 9.17) is 9.88 Å². The second kappa shape index (κ2) is 8.67. The maximum absolute atomic E-state index is 12.5. The van der Waals surface area contributed by atoms with Crippen molar-refractivity contribution in [3.63, 3.8) is 0 Å². The van der Waals surface area contributed by atoms with Crippen LogP contribution in [0.5, 0.6) is 0 Å². The topological polar surface area (TPSA) is 86.5 Å². The van der Waals surface area contributed by atoms with Crippen LogP contribution in [0, 0.1) is 22.7 Å². The van der Waals surface area contributed by atoms with Crippen molar-refractivity contribution in [1.29, 1.82) is 0 Å². The van der Waals surface area contributed by atoms with Crippen LogP contribution in [0.3, 0.4) is 0 Å². The zero-order valence-corrected chi connectivity index (χ0v) is 18.9. The fourth-order valence-corrected chi connectivity index (χ4v) is 3.58. The number of hydrogen-bond donors (Lipinski definition) is 1. The van der Waals surface area contributed by atoms with Gasteiger partial charge in [-0.2, -0.15) is 0 Å². The van der Waals surface area contributed by atoms with Gasteiger partial charge in [-0.15, -0.1) is 0 Å². The maximum atomic E-state index is 12.5. The smallest absolute Gasteiger partial charge is 0.312 e. The molecule has 0 amide bonds. The molecule has 0 radical (unpaired) electrons. The van der Waals surface area contributed by atoms with Crippen LogP contribution in [0.2, 0.25) is 0 Å². The van der Waals surface area contributed by atoms with Crippen LogP contribution < -0.4 is 5.14 Å². The van der Waals surface area contributed by atoms with Crippen LogP contribution in [-0.2, 0) is 19.6 Å². The average molecular weight is 408 g/mol. The molecule has 0 unspecified atom stereocenters. The quantitative estimate of drug-likeness (QED) is 0.564. The molecule has 2 N–H and O–H groups in total. The van der Waals surface area contributed by atoms with Gasteiger partial charge in [0.25, 0.3) is 0 Å². The summed E-state index contributed by atoms with van der Waals surface area (Å²) in [5, 5.41) is 5.08. The highest BCUT2D eigenvalue weighted by molar-refractivity contribution is 7.89. The summed E-state index contributed by atoms with van der Waals surface area (Å²) in [6.45, 7) is 13.7. The fraction of sp³-hybridized carbons (Fsp3) is 0.591. The number of carbonyl (C=O) groups is 1. The molecule has 0 aromatic heterocycles. The van der Waals surface area contributed by atoms with Gasteiger partial charge in [0.1, 0.15) is 5.60 Å². The molecular weight excluding hydrogens is 374 g/mol. The van der Waals surface area contributed by atoms with E-state index in [0.717, 1.165) is 12.0 Å². The van der Waals surface area contributed by atoms with Crippen LogP contribution in [0.4, 0.5) is 0 Å². The van der Waals surface area contributed by atoms with Gasteiger partial charge in [-0.1, -0.05) is 25.7 Å². The van der Waals surface area contributed by atoms with Gasteiger partial charge >= 0.3 is 5.97 Å². The lowest BCUT2D eigenvalue weighted by molar-refractivity contribution is -0.167. The molecule has 0 spiro atoms. The molecular formula is C22H33NO4S. The Hall–Kier alpha value is -1.84. The number of nitrogens with two attached hydrogens (primary N) is 1. The Morgan fingerprint density at radius 3 is 2.04 bits per heavy atom. The summed E-state index contributed by atoms with van der Waals surface area (Å²) >= 11 is 0. The summed E-state index contributed by atoms with van der Waals surface area (Å²) in [5.41, 5.74) is -0.414. The van der Waals surface area contributed by atoms with Gasteiger partial charge in [0.15, 0.2) is 0 Å². The minimum Gasteiger partial charge on any atom is -0.460 e. The number of ether oxygens (including phenoxy) is 1. The highest BCUT2D eigenvalue weighted by atomic mass is 32.2. The Labute approximate surface area is 170 Å². The summed E-state index contributed by atoms with van der Waals surface area (Å²) < 4.78 is 28.1. The molecule has 1 aromatic rings. The molecule has 0 saturated heterocycles. The first kappa shape index (κ1) is 24.2. The van der Waals surface area contributed by atoms with Crippen molar-refractivity contribution in [2.45, 2.75) is 78.2 Å². The lowest BCUT2D eigenvalue weighted by Crippen LogP contribution is -2.36. The first-order chi connectivity index (χ1) is 12.5. The Kier molecular flexibility index (Phi) is 7.49. The molecule has 6 heteroatoms. The van der Waals surface area contributed by atoms with Crippen molar-refractivity contribution >= 4 is 16.0 Å². The second-order valence-electron chi connectivity index (χ2n) is 9.60. The van der Waals surface area contributed by atoms with Gasteiger partial charge in [0.2, 0.25) is 10.0 Å². The van der Waals surface area contributed by atoms with E-state index in [-0.39, 0.29) is 16.3 Å². The predicted octanol–water partition coefficient (Wildman–Crippen LogP) is 4.25. The van der Waals surface area contributed by atoms with Gasteiger partial charge < -0.3 is 4.74 Å². The molecule has 1 rings (SSSR count). The van der Waals surface area contributed by atoms with Gasteiger partial charge in [0.05, 0.1) is 10.3 Å². The Bertz CT molecular complexity index is 849. The summed E-state index contributed by atoms with van der Waals surface area (Å²) in [5.74, 6) is 5.97. The molecule has 0 aliphatic carbocycles. The standard InChI is InChI=1S/C22H33NO4S/c1-20(2,3)27-19(24)22(6,7)16-21(4,5)15-9-8-10-17-11-13-18(14-12-17)28(23,25)26/h11-14H,9,15-16H2,1-7H3,(H2,23,25,26). The highest BCUT2D eigenvalue weighted by Crippen LogP contribution is 2.38. The zero-order valence-electron chi connectivity index (χ0n) is 18.0. The summed E-state index contributed by atoms with van der Waals surface area (Å²) in [6.07, 6.45) is 2.20. The van der Waals surface area contributed by atoms with E-state index in [9.17, 15) is 13.2 Å². The van der Waals surface area contributed by atoms with Crippen LogP contribution in [-0.4, -0.2) is 20.0 Å². The number of carbonyl (C=O) groups excluding carboxylic acids is 1. The number of benzene rings is 1. The monoisotopic (exact) mass is 407 g/mol. The van der Waals surface area contributed by atoms with Gasteiger partial charge in [-0.05, 0) is 77.1 Å². The van der Waals surface area contributed by atoms with E-state index in [2.05, 4.69) is 25.7 Å². The fourth-order valence-electron chi connectivity index (χ4n) is 3.07. The summed E-state index contributed by atoms with van der Waals surface area (Å²) in [4.78, 5) is 12.5. The van der Waals surface area contributed by atoms with Crippen molar-refractivity contribution in [2.75, 3.05) is 0 Å². The molecule has 5 nitrogen and oxygen atoms in total. The summed E-state index contributed by atoms with van der Waals surface area (Å²) in [6, 6.07) is 6.19. The first-order valence-electron chi connectivity index (χ1n) is 9.37. The molecule has 0 saturated carbocycles. The highest BCUT2D eigenvalue weighted by Gasteiger charge is 2.37. The van der Waals surface area contributed by atoms with Crippen molar-refractivity contribution < 1.29 is 17.9 Å². The summed E-state index contributed by atoms with van der Waals surface area (Å²) in [7, 11) is -3.69. The van der Waals surface area contributed by atoms with E-state index >= 15 is 0 Å². The SMILES string of the molecule is CC(C)(CCC#Cc1ccc(S(N)(=O)=O)cc1)CC(C)(C)C(=O)OC(C)(C)C. The van der Waals surface area contributed by atoms with Crippen LogP contribution in [0.25, 0.3) is 0 Å². The molecule has 0 atom stereocenters. The van der Waals surface area contributed by atoms with Crippen molar-refractivity contribution in [3.05, 3.63) is 29.8 Å². The number of primary sulfonamides is 1. The zero-order chi connectivity index (χ0) is 21.8. The largest absolute Gasteiger partial charge is 0.460 e. The van der Waals surface area contributed by atoms with Gasteiger partial charge in [-0.25, -0.2) is 13.6 Å². The predicted molar refractivity (Wildman–Crippen MR) is 112 cm³/mol. The van der Waals surface area contributed by atoms with Crippen molar-refractivity contribution in [3.8, 4) is 11.8 Å². The van der Waals surface area contributed by atoms with Gasteiger partial charge in [-0.3, -0.25) is 4.79 Å². The number of sulfonamides is 1. The third kappa shape index (κ3) is 8.45. The molecule has 1 aromatic carbocycles. The van der Waals surface area contributed by atoms with Crippen molar-refractivity contribution in [1.82, 2.24) is 0 Å². The third-order valence-corrected chi connectivity index (χ3v) is 5.14. The molecule has 0 fully saturated rings. The normalized spacial score (nSPS) is 12.9. The second-order valence-corrected chi connectivity index (χ2v) is 11.2. The average Bonchev–Trinajstić information content (AvgIpc) is 2.48. The molecule has 0 heterocycles. The minimum absolute atomic E-state index is 0.0727. The molecule has 0 aliphatic heterocycles. The van der Waals surface area contributed by atoms with E-state index in [1.54, 1.807) is 12.1 Å².